The standard InChI is InChI=1S/C22H28N2O3S/c25-18(15-23(28(26)27)14-17-8-2-1-3-9-17)16-24-21-12-6-4-10-19(21)20-11-5-7-13-22(20)24/h4-7,10-13,17-18,25H,1-3,8-9,14-16H2,(H,26,27)/p-1. The van der Waals surface area contributed by atoms with Crippen molar-refractivity contribution in [3.63, 3.8) is 0 Å². The van der Waals surface area contributed by atoms with E-state index >= 15 is 0 Å². The smallest absolute Gasteiger partial charge is 0.0855 e. The van der Waals surface area contributed by atoms with Crippen LogP contribution in [0.15, 0.2) is 48.5 Å². The molecule has 150 valence electrons. The lowest BCUT2D eigenvalue weighted by Crippen LogP contribution is -2.39. The molecule has 2 aromatic carbocycles. The summed E-state index contributed by atoms with van der Waals surface area (Å²) in [5.41, 5.74) is 2.12. The summed E-state index contributed by atoms with van der Waals surface area (Å²) in [4.78, 5) is 0. The van der Waals surface area contributed by atoms with E-state index in [9.17, 15) is 13.9 Å². The van der Waals surface area contributed by atoms with E-state index < -0.39 is 17.4 Å². The molecule has 1 aliphatic rings. The number of benzene rings is 2. The van der Waals surface area contributed by atoms with Gasteiger partial charge in [-0.1, -0.05) is 55.7 Å². The highest BCUT2D eigenvalue weighted by atomic mass is 32.2. The van der Waals surface area contributed by atoms with Crippen molar-refractivity contribution < 1.29 is 13.9 Å². The molecule has 2 unspecified atom stereocenters. The maximum Gasteiger partial charge on any atom is 0.0855 e. The van der Waals surface area contributed by atoms with Crippen LogP contribution < -0.4 is 0 Å². The summed E-state index contributed by atoms with van der Waals surface area (Å²) >= 11 is -2.31. The highest BCUT2D eigenvalue weighted by Crippen LogP contribution is 2.29. The largest absolute Gasteiger partial charge is 0.760 e. The average Bonchev–Trinajstić information content (AvgIpc) is 3.02. The van der Waals surface area contributed by atoms with Gasteiger partial charge in [-0.05, 0) is 30.9 Å². The molecule has 5 nitrogen and oxygen atoms in total. The number of nitrogens with zero attached hydrogens (tertiary/aromatic N) is 2. The molecule has 1 saturated carbocycles. The number of aromatic nitrogens is 1. The highest BCUT2D eigenvalue weighted by molar-refractivity contribution is 7.76. The molecule has 6 heteroatoms. The Bertz CT molecular complexity index is 911. The predicted octanol–water partition coefficient (Wildman–Crippen LogP) is 3.83. The molecule has 0 saturated heterocycles. The van der Waals surface area contributed by atoms with E-state index in [1.807, 2.05) is 36.4 Å². The highest BCUT2D eigenvalue weighted by Gasteiger charge is 2.21. The van der Waals surface area contributed by atoms with Crippen molar-refractivity contribution in [2.24, 2.45) is 5.92 Å². The zero-order valence-corrected chi connectivity index (χ0v) is 16.8. The van der Waals surface area contributed by atoms with Crippen LogP contribution >= 0.6 is 0 Å². The maximum atomic E-state index is 11.7. The maximum absolute atomic E-state index is 11.7. The summed E-state index contributed by atoms with van der Waals surface area (Å²) in [7, 11) is 0. The molecular formula is C22H27N2O3S-. The van der Waals surface area contributed by atoms with Crippen LogP contribution in [0.25, 0.3) is 21.8 Å². The summed E-state index contributed by atoms with van der Waals surface area (Å²) in [6.07, 6.45) is 4.99. The summed E-state index contributed by atoms with van der Waals surface area (Å²) in [5.74, 6) is 0.409. The van der Waals surface area contributed by atoms with Crippen molar-refractivity contribution >= 4 is 33.1 Å². The fourth-order valence-electron chi connectivity index (χ4n) is 4.56. The SMILES string of the molecule is O=S([O-])N(CC(O)Cn1c2ccccc2c2ccccc21)CC1CCCCC1. The lowest BCUT2D eigenvalue weighted by Gasteiger charge is -2.32. The first kappa shape index (κ1) is 19.6. The minimum Gasteiger partial charge on any atom is -0.760 e. The van der Waals surface area contributed by atoms with Gasteiger partial charge in [0.25, 0.3) is 0 Å². The monoisotopic (exact) mass is 399 g/mol. The minimum absolute atomic E-state index is 0.132. The lowest BCUT2D eigenvalue weighted by atomic mass is 9.89. The Balaban J connectivity index is 1.53. The molecule has 1 N–H and O–H groups in total. The van der Waals surface area contributed by atoms with Gasteiger partial charge < -0.3 is 14.2 Å². The first-order chi connectivity index (χ1) is 13.6. The summed E-state index contributed by atoms with van der Waals surface area (Å²) < 4.78 is 27.0. The van der Waals surface area contributed by atoms with Gasteiger partial charge in [-0.25, -0.2) is 4.31 Å². The van der Waals surface area contributed by atoms with Crippen molar-refractivity contribution in [1.29, 1.82) is 0 Å². The molecule has 1 aromatic heterocycles. The fraction of sp³-hybridized carbons (Fsp3) is 0.455. The Morgan fingerprint density at radius 3 is 2.18 bits per heavy atom. The molecule has 3 aromatic rings. The molecule has 1 heterocycles. The number of aliphatic hydroxyl groups is 1. The molecule has 2 atom stereocenters. The van der Waals surface area contributed by atoms with Crippen LogP contribution in [0.5, 0.6) is 0 Å². The Morgan fingerprint density at radius 1 is 1.04 bits per heavy atom. The number of aliphatic hydroxyl groups excluding tert-OH is 1. The molecule has 28 heavy (non-hydrogen) atoms. The van der Waals surface area contributed by atoms with Crippen LogP contribution in [-0.4, -0.2) is 41.9 Å². The van der Waals surface area contributed by atoms with Crippen LogP contribution in [0.2, 0.25) is 0 Å². The zero-order chi connectivity index (χ0) is 19.5. The van der Waals surface area contributed by atoms with E-state index in [1.165, 1.54) is 23.6 Å². The van der Waals surface area contributed by atoms with Crippen LogP contribution in [0.3, 0.4) is 0 Å². The van der Waals surface area contributed by atoms with Gasteiger partial charge in [-0.15, -0.1) is 0 Å². The molecule has 0 bridgehead atoms. The van der Waals surface area contributed by atoms with Gasteiger partial charge in [0.1, 0.15) is 0 Å². The van der Waals surface area contributed by atoms with E-state index in [1.54, 1.807) is 0 Å². The lowest BCUT2D eigenvalue weighted by molar-refractivity contribution is 0.121. The Kier molecular flexibility index (Phi) is 6.11. The first-order valence-corrected chi connectivity index (χ1v) is 11.1. The fourth-order valence-corrected chi connectivity index (χ4v) is 5.18. The second kappa shape index (κ2) is 8.74. The topological polar surface area (TPSA) is 68.5 Å². The Hall–Kier alpha value is -1.73. The minimum atomic E-state index is -2.31. The average molecular weight is 400 g/mol. The van der Waals surface area contributed by atoms with E-state index in [2.05, 4.69) is 16.7 Å². The van der Waals surface area contributed by atoms with Gasteiger partial charge in [0, 0.05) is 46.2 Å². The van der Waals surface area contributed by atoms with Gasteiger partial charge in [0.2, 0.25) is 0 Å². The number of para-hydroxylation sites is 2. The van der Waals surface area contributed by atoms with Crippen molar-refractivity contribution in [1.82, 2.24) is 8.87 Å². The van der Waals surface area contributed by atoms with Gasteiger partial charge in [-0.3, -0.25) is 4.21 Å². The van der Waals surface area contributed by atoms with E-state index in [4.69, 9.17) is 0 Å². The number of fused-ring (bicyclic) bond motifs is 3. The number of rotatable bonds is 7. The molecule has 0 spiro atoms. The third kappa shape index (κ3) is 4.15. The first-order valence-electron chi connectivity index (χ1n) is 10.1. The molecule has 0 radical (unpaired) electrons. The van der Waals surface area contributed by atoms with Gasteiger partial charge in [0.15, 0.2) is 0 Å². The third-order valence-corrected chi connectivity index (χ3v) is 6.60. The van der Waals surface area contributed by atoms with Crippen molar-refractivity contribution in [2.45, 2.75) is 44.8 Å². The third-order valence-electron chi connectivity index (χ3n) is 5.88. The Labute approximate surface area is 168 Å². The van der Waals surface area contributed by atoms with Crippen LogP contribution in [0.4, 0.5) is 0 Å². The van der Waals surface area contributed by atoms with Gasteiger partial charge in [0.05, 0.1) is 12.6 Å². The number of hydrogen-bond acceptors (Lipinski definition) is 3. The second-order valence-electron chi connectivity index (χ2n) is 7.87. The quantitative estimate of drug-likeness (QED) is 0.614. The zero-order valence-electron chi connectivity index (χ0n) is 16.0. The van der Waals surface area contributed by atoms with Gasteiger partial charge in [-0.2, -0.15) is 0 Å². The van der Waals surface area contributed by atoms with Crippen LogP contribution in [0.1, 0.15) is 32.1 Å². The van der Waals surface area contributed by atoms with Crippen molar-refractivity contribution in [2.75, 3.05) is 13.1 Å². The van der Waals surface area contributed by atoms with E-state index in [-0.39, 0.29) is 6.54 Å². The van der Waals surface area contributed by atoms with Crippen molar-refractivity contribution in [3.05, 3.63) is 48.5 Å². The summed E-state index contributed by atoms with van der Waals surface area (Å²) in [6, 6.07) is 16.3. The molecule has 1 fully saturated rings. The molecule has 4 rings (SSSR count). The molecule has 0 aliphatic heterocycles. The second-order valence-corrected chi connectivity index (χ2v) is 8.82. The summed E-state index contributed by atoms with van der Waals surface area (Å²) in [5, 5.41) is 13.1. The Morgan fingerprint density at radius 2 is 1.61 bits per heavy atom. The number of hydrogen-bond donors (Lipinski definition) is 1. The normalized spacial score (nSPS) is 18.1. The summed E-state index contributed by atoms with van der Waals surface area (Å²) in [6.45, 7) is 1.01. The van der Waals surface area contributed by atoms with Crippen LogP contribution in [0, 0.1) is 5.92 Å². The van der Waals surface area contributed by atoms with E-state index in [0.29, 0.717) is 19.0 Å². The molecule has 1 aliphatic carbocycles. The van der Waals surface area contributed by atoms with Crippen molar-refractivity contribution in [3.8, 4) is 0 Å². The molecule has 0 amide bonds. The van der Waals surface area contributed by atoms with E-state index in [0.717, 1.165) is 34.6 Å². The molecular weight excluding hydrogens is 372 g/mol. The van der Waals surface area contributed by atoms with Crippen LogP contribution in [-0.2, 0) is 17.8 Å². The predicted molar refractivity (Wildman–Crippen MR) is 113 cm³/mol. The van der Waals surface area contributed by atoms with Gasteiger partial charge >= 0.3 is 0 Å².